The lowest BCUT2D eigenvalue weighted by Gasteiger charge is -2.21. The topological polar surface area (TPSA) is 237 Å². The van der Waals surface area contributed by atoms with Gasteiger partial charge in [0.15, 0.2) is 12.2 Å². The summed E-state index contributed by atoms with van der Waals surface area (Å²) >= 11 is 0. The molecule has 0 spiro atoms. The molecule has 0 aromatic rings. The third-order valence-corrected chi connectivity index (χ3v) is 18.5. The van der Waals surface area contributed by atoms with Gasteiger partial charge < -0.3 is 33.8 Å². The SMILES string of the molecule is CCCCCCCCCCCCCCCCCCCCCCCC(=O)O[C@H](COC(=O)CCCCCCCCCCC(C)C)COP(=O)(O)OC[C@@H](O)COP(=O)(O)OC[C@@H](COC(=O)CCCCCCCCC)OC(=O)CCCCCCCCC(C)CC. The Morgan fingerprint density at radius 2 is 0.573 bits per heavy atom. The van der Waals surface area contributed by atoms with Crippen molar-refractivity contribution in [3.05, 3.63) is 0 Å². The van der Waals surface area contributed by atoms with Gasteiger partial charge in [-0.15, -0.1) is 0 Å². The van der Waals surface area contributed by atoms with Gasteiger partial charge in [-0.1, -0.05) is 305 Å². The lowest BCUT2D eigenvalue weighted by molar-refractivity contribution is -0.161. The van der Waals surface area contributed by atoms with E-state index in [9.17, 15) is 43.2 Å². The molecule has 0 aliphatic heterocycles. The Morgan fingerprint density at radius 3 is 0.854 bits per heavy atom. The van der Waals surface area contributed by atoms with Crippen molar-refractivity contribution < 1.29 is 80.2 Å². The Hall–Kier alpha value is -1.94. The highest BCUT2D eigenvalue weighted by atomic mass is 31.2. The molecule has 0 bridgehead atoms. The van der Waals surface area contributed by atoms with Gasteiger partial charge in [0.1, 0.15) is 19.3 Å². The number of esters is 4. The van der Waals surface area contributed by atoms with Crippen molar-refractivity contribution >= 4 is 39.5 Å². The van der Waals surface area contributed by atoms with Crippen molar-refractivity contribution in [3.63, 3.8) is 0 Å². The zero-order valence-electron chi connectivity index (χ0n) is 57.7. The Labute approximate surface area is 543 Å². The maximum Gasteiger partial charge on any atom is 0.472 e. The van der Waals surface area contributed by atoms with E-state index in [4.69, 9.17) is 37.0 Å². The summed E-state index contributed by atoms with van der Waals surface area (Å²) < 4.78 is 68.1. The first-order valence-electron chi connectivity index (χ1n) is 36.5. The summed E-state index contributed by atoms with van der Waals surface area (Å²) in [5.41, 5.74) is 0. The average molecular weight is 1310 g/mol. The number of carbonyl (C=O) groups excluding carboxylic acids is 4. The van der Waals surface area contributed by atoms with Crippen LogP contribution in [0.4, 0.5) is 0 Å². The second-order valence-corrected chi connectivity index (χ2v) is 28.9. The second kappa shape index (κ2) is 62.2. The van der Waals surface area contributed by atoms with Gasteiger partial charge in [-0.25, -0.2) is 9.13 Å². The van der Waals surface area contributed by atoms with Gasteiger partial charge in [0.25, 0.3) is 0 Å². The molecule has 3 N–H and O–H groups in total. The summed E-state index contributed by atoms with van der Waals surface area (Å²) in [7, 11) is -9.89. The third kappa shape index (κ3) is 63.2. The molecular weight excluding hydrogens is 1170 g/mol. The summed E-state index contributed by atoms with van der Waals surface area (Å²) in [4.78, 5) is 72.3. The molecule has 19 heteroatoms. The van der Waals surface area contributed by atoms with Gasteiger partial charge in [-0.3, -0.25) is 37.3 Å². The molecule has 0 saturated carbocycles. The largest absolute Gasteiger partial charge is 0.472 e. The molecule has 528 valence electrons. The van der Waals surface area contributed by atoms with E-state index in [-0.39, 0.29) is 25.7 Å². The fourth-order valence-corrected chi connectivity index (χ4v) is 12.1. The first-order valence-corrected chi connectivity index (χ1v) is 39.5. The van der Waals surface area contributed by atoms with Crippen LogP contribution >= 0.6 is 15.6 Å². The summed E-state index contributed by atoms with van der Waals surface area (Å²) in [6.07, 6.45) is 47.6. The van der Waals surface area contributed by atoms with Crippen LogP contribution < -0.4 is 0 Å². The number of phosphoric ester groups is 2. The van der Waals surface area contributed by atoms with Crippen molar-refractivity contribution in [1.82, 2.24) is 0 Å². The highest BCUT2D eigenvalue weighted by Gasteiger charge is 2.30. The van der Waals surface area contributed by atoms with Crippen LogP contribution in [0.3, 0.4) is 0 Å². The van der Waals surface area contributed by atoms with E-state index >= 15 is 0 Å². The number of aliphatic hydroxyl groups excluding tert-OH is 1. The molecule has 0 fully saturated rings. The predicted octanol–water partition coefficient (Wildman–Crippen LogP) is 20.0. The van der Waals surface area contributed by atoms with Crippen molar-refractivity contribution in [2.24, 2.45) is 11.8 Å². The third-order valence-electron chi connectivity index (χ3n) is 16.6. The van der Waals surface area contributed by atoms with Gasteiger partial charge >= 0.3 is 39.5 Å². The first kappa shape index (κ1) is 87.1. The minimum absolute atomic E-state index is 0.103. The summed E-state index contributed by atoms with van der Waals surface area (Å²) in [5, 5.41) is 10.6. The minimum Gasteiger partial charge on any atom is -0.462 e. The van der Waals surface area contributed by atoms with Gasteiger partial charge in [0.05, 0.1) is 26.4 Å². The quantitative estimate of drug-likeness (QED) is 0.0222. The van der Waals surface area contributed by atoms with Gasteiger partial charge in [-0.2, -0.15) is 0 Å². The number of hydrogen-bond donors (Lipinski definition) is 3. The number of rotatable bonds is 69. The van der Waals surface area contributed by atoms with Gasteiger partial charge in [0, 0.05) is 25.7 Å². The number of carbonyl (C=O) groups is 4. The lowest BCUT2D eigenvalue weighted by atomic mass is 10.00. The van der Waals surface area contributed by atoms with Crippen molar-refractivity contribution in [2.45, 2.75) is 374 Å². The monoisotopic (exact) mass is 1310 g/mol. The minimum atomic E-state index is -4.95. The first-order chi connectivity index (χ1) is 42.9. The molecule has 0 aliphatic carbocycles. The second-order valence-electron chi connectivity index (χ2n) is 26.0. The van der Waals surface area contributed by atoms with Crippen LogP contribution in [0.15, 0.2) is 0 Å². The van der Waals surface area contributed by atoms with Crippen LogP contribution in [0.2, 0.25) is 0 Å². The number of hydrogen-bond acceptors (Lipinski definition) is 15. The number of aliphatic hydroxyl groups is 1. The Bertz CT molecular complexity index is 1740. The Morgan fingerprint density at radius 1 is 0.326 bits per heavy atom. The van der Waals surface area contributed by atoms with E-state index in [1.165, 1.54) is 161 Å². The molecule has 0 saturated heterocycles. The van der Waals surface area contributed by atoms with Crippen LogP contribution in [-0.2, 0) is 65.4 Å². The number of unbranched alkanes of at least 4 members (excludes halogenated alkanes) is 38. The van der Waals surface area contributed by atoms with Gasteiger partial charge in [-0.05, 0) is 37.5 Å². The van der Waals surface area contributed by atoms with E-state index in [2.05, 4.69) is 41.5 Å². The molecule has 0 amide bonds. The maximum atomic E-state index is 13.0. The maximum absolute atomic E-state index is 13.0. The molecule has 0 rings (SSSR count). The highest BCUT2D eigenvalue weighted by Crippen LogP contribution is 2.45. The van der Waals surface area contributed by atoms with Crippen LogP contribution in [0.5, 0.6) is 0 Å². The zero-order chi connectivity index (χ0) is 65.7. The summed E-state index contributed by atoms with van der Waals surface area (Å²) in [6, 6.07) is 0. The summed E-state index contributed by atoms with van der Waals surface area (Å²) in [5.74, 6) is -0.688. The molecule has 6 atom stereocenters. The summed E-state index contributed by atoms with van der Waals surface area (Å²) in [6.45, 7) is 9.41. The van der Waals surface area contributed by atoms with E-state index in [0.29, 0.717) is 25.7 Å². The standard InChI is InChI=1S/C70H136O17P2/c1-7-10-12-14-16-17-18-19-20-21-22-23-24-25-26-27-28-29-35-42-48-54-69(74)86-65(59-81-68(73)53-47-41-34-31-30-33-38-44-50-62(4)5)60-84-88(76,77)82-56-64(71)57-83-89(78,79)85-61-66(58-80-67(72)52-46-40-32-15-13-11-8-2)87-70(75)55-49-43-37-36-39-45-51-63(6)9-3/h62-66,71H,7-61H2,1-6H3,(H,76,77)(H,78,79)/t63?,64-,65-,66-/m1/s1. The molecule has 0 aliphatic rings. The molecule has 0 heterocycles. The van der Waals surface area contributed by atoms with Crippen molar-refractivity contribution in [2.75, 3.05) is 39.6 Å². The van der Waals surface area contributed by atoms with Crippen molar-refractivity contribution in [3.8, 4) is 0 Å². The molecule has 89 heavy (non-hydrogen) atoms. The van der Waals surface area contributed by atoms with Crippen molar-refractivity contribution in [1.29, 1.82) is 0 Å². The fraction of sp³-hybridized carbons (Fsp3) is 0.943. The average Bonchev–Trinajstić information content (AvgIpc) is 3.60. The molecule has 0 radical (unpaired) electrons. The van der Waals surface area contributed by atoms with Crippen LogP contribution in [0.1, 0.15) is 356 Å². The van der Waals surface area contributed by atoms with E-state index in [0.717, 1.165) is 115 Å². The highest BCUT2D eigenvalue weighted by molar-refractivity contribution is 7.47. The van der Waals surface area contributed by atoms with E-state index in [1.54, 1.807) is 0 Å². The van der Waals surface area contributed by atoms with Crippen LogP contribution in [-0.4, -0.2) is 96.7 Å². The molecule has 0 aromatic carbocycles. The normalized spacial score (nSPS) is 14.4. The molecule has 3 unspecified atom stereocenters. The zero-order valence-corrected chi connectivity index (χ0v) is 59.5. The lowest BCUT2D eigenvalue weighted by Crippen LogP contribution is -2.30. The smallest absolute Gasteiger partial charge is 0.462 e. The van der Waals surface area contributed by atoms with E-state index < -0.39 is 97.5 Å². The van der Waals surface area contributed by atoms with E-state index in [1.807, 2.05) is 0 Å². The Kier molecular flexibility index (Phi) is 60.8. The molecular formula is C70H136O17P2. The molecule has 17 nitrogen and oxygen atoms in total. The van der Waals surface area contributed by atoms with Crippen LogP contribution in [0, 0.1) is 11.8 Å². The predicted molar refractivity (Wildman–Crippen MR) is 358 cm³/mol. The molecule has 0 aromatic heterocycles. The fourth-order valence-electron chi connectivity index (χ4n) is 10.6. The van der Waals surface area contributed by atoms with Gasteiger partial charge in [0.2, 0.25) is 0 Å². The number of ether oxygens (including phenoxy) is 4. The Balaban J connectivity index is 5.13. The van der Waals surface area contributed by atoms with Crippen LogP contribution in [0.25, 0.3) is 0 Å². The number of phosphoric acid groups is 2.